The third-order valence-corrected chi connectivity index (χ3v) is 6.22. The van der Waals surface area contributed by atoms with Crippen LogP contribution in [0, 0.1) is 0 Å². The molecule has 0 aliphatic heterocycles. The molecule has 0 spiro atoms. The number of aliphatic hydroxyl groups excluding tert-OH is 8. The summed E-state index contributed by atoms with van der Waals surface area (Å²) in [6.07, 6.45) is 0. The highest BCUT2D eigenvalue weighted by atomic mass is 16.4. The minimum atomic E-state index is -1.91. The Morgan fingerprint density at radius 1 is 0.347 bits per heavy atom. The Morgan fingerprint density at radius 2 is 0.531 bits per heavy atom. The van der Waals surface area contributed by atoms with E-state index >= 15 is 0 Å². The zero-order valence-corrected chi connectivity index (χ0v) is 25.6. The van der Waals surface area contributed by atoms with Crippen LogP contribution in [0.2, 0.25) is 0 Å². The van der Waals surface area contributed by atoms with Crippen LogP contribution in [0.5, 0.6) is 0 Å². The minimum Gasteiger partial charge on any atom is -0.480 e. The van der Waals surface area contributed by atoms with Gasteiger partial charge in [-0.05, 0) is 0 Å². The second-order valence-corrected chi connectivity index (χ2v) is 9.83. The summed E-state index contributed by atoms with van der Waals surface area (Å²) in [5, 5.41) is 97.5. The molecule has 25 heteroatoms. The molecule has 0 bridgehead atoms. The van der Waals surface area contributed by atoms with Crippen LogP contribution >= 0.6 is 0 Å². The number of aliphatic hydroxyl groups is 8. The van der Waals surface area contributed by atoms with Crippen molar-refractivity contribution < 1.29 is 84.3 Å². The van der Waals surface area contributed by atoms with Crippen LogP contribution < -0.4 is 43.0 Å². The van der Waals surface area contributed by atoms with Crippen molar-refractivity contribution in [3.63, 3.8) is 0 Å². The topological polar surface area (TPSA) is 429 Å². The Balaban J connectivity index is 5.44. The minimum absolute atomic E-state index is 0.802. The number of rotatable bonds is 23. The van der Waals surface area contributed by atoms with E-state index in [4.69, 9.17) is 21.1 Å². The molecule has 7 amide bonds. The molecule has 0 unspecified atom stereocenters. The monoisotopic (exact) mass is 714 g/mol. The third-order valence-electron chi connectivity index (χ3n) is 6.22. The smallest absolute Gasteiger partial charge is 0.328 e. The maximum atomic E-state index is 12.7. The van der Waals surface area contributed by atoms with Crippen molar-refractivity contribution in [3.8, 4) is 0 Å². The van der Waals surface area contributed by atoms with Gasteiger partial charge in [0, 0.05) is 0 Å². The highest BCUT2D eigenvalue weighted by Gasteiger charge is 2.33. The van der Waals surface area contributed by atoms with Gasteiger partial charge in [0.1, 0.15) is 48.3 Å². The number of hydrogen-bond donors (Lipinski definition) is 17. The Bertz CT molecular complexity index is 1160. The zero-order valence-electron chi connectivity index (χ0n) is 25.6. The number of carboxylic acids is 1. The van der Waals surface area contributed by atoms with Crippen molar-refractivity contribution in [2.75, 3.05) is 52.9 Å². The Hall–Kier alpha value is -4.60. The molecule has 0 heterocycles. The molecule has 280 valence electrons. The van der Waals surface area contributed by atoms with E-state index in [0.29, 0.717) is 0 Å². The van der Waals surface area contributed by atoms with Crippen LogP contribution in [0.3, 0.4) is 0 Å². The van der Waals surface area contributed by atoms with Gasteiger partial charge < -0.3 is 88.9 Å². The van der Waals surface area contributed by atoms with E-state index in [-0.39, 0.29) is 0 Å². The van der Waals surface area contributed by atoms with E-state index in [1.807, 2.05) is 37.2 Å². The van der Waals surface area contributed by atoms with Gasteiger partial charge in [0.05, 0.1) is 52.9 Å². The number of aliphatic carboxylic acids is 1. The van der Waals surface area contributed by atoms with Gasteiger partial charge in [0.2, 0.25) is 41.4 Å². The van der Waals surface area contributed by atoms with Gasteiger partial charge in [-0.1, -0.05) is 0 Å². The molecular weight excluding hydrogens is 672 g/mol. The molecule has 0 fully saturated rings. The first kappa shape index (κ1) is 44.4. The maximum absolute atomic E-state index is 12.7. The lowest BCUT2D eigenvalue weighted by Crippen LogP contribution is -2.62. The molecule has 0 saturated carbocycles. The number of carboxylic acid groups (broad SMARTS) is 1. The van der Waals surface area contributed by atoms with E-state index in [1.54, 1.807) is 0 Å². The lowest BCUT2D eigenvalue weighted by atomic mass is 10.1. The summed E-state index contributed by atoms with van der Waals surface area (Å²) in [4.78, 5) is 97.9. The second-order valence-electron chi connectivity index (χ2n) is 9.83. The predicted molar refractivity (Wildman–Crippen MR) is 156 cm³/mol. The van der Waals surface area contributed by atoms with Crippen LogP contribution in [0.1, 0.15) is 0 Å². The first-order chi connectivity index (χ1) is 23.1. The van der Waals surface area contributed by atoms with Gasteiger partial charge in [-0.2, -0.15) is 0 Å². The Labute approximate surface area is 276 Å². The van der Waals surface area contributed by atoms with Crippen molar-refractivity contribution in [3.05, 3.63) is 0 Å². The fraction of sp³-hybridized carbons (Fsp3) is 0.667. The molecule has 25 nitrogen and oxygen atoms in total. The van der Waals surface area contributed by atoms with Crippen molar-refractivity contribution in [1.82, 2.24) is 37.2 Å². The molecule has 49 heavy (non-hydrogen) atoms. The van der Waals surface area contributed by atoms with Crippen molar-refractivity contribution in [2.45, 2.75) is 48.3 Å². The fourth-order valence-electron chi connectivity index (χ4n) is 3.35. The number of carbonyl (C=O) groups is 8. The molecule has 8 atom stereocenters. The van der Waals surface area contributed by atoms with E-state index in [2.05, 4.69) is 0 Å². The van der Waals surface area contributed by atoms with E-state index in [9.17, 15) is 69.0 Å². The number of nitrogens with one attached hydrogen (secondary N) is 7. The molecule has 0 aromatic heterocycles. The molecule has 0 radical (unpaired) electrons. The summed E-state index contributed by atoms with van der Waals surface area (Å²) < 4.78 is 0. The van der Waals surface area contributed by atoms with E-state index < -0.39 is 149 Å². The first-order valence-electron chi connectivity index (χ1n) is 14.1. The van der Waals surface area contributed by atoms with Crippen LogP contribution in [0.4, 0.5) is 0 Å². The summed E-state index contributed by atoms with van der Waals surface area (Å²) in [7, 11) is 0. The first-order valence-corrected chi connectivity index (χ1v) is 14.1. The zero-order chi connectivity index (χ0) is 37.8. The molecule has 0 aromatic rings. The molecular formula is C24H42N8O17. The Kier molecular flexibility index (Phi) is 20.7. The summed E-state index contributed by atoms with van der Waals surface area (Å²) in [6, 6.07) is -14.3. The lowest BCUT2D eigenvalue weighted by molar-refractivity contribution is -0.143. The average Bonchev–Trinajstić information content (AvgIpc) is 3.09. The number of amides is 7. The average molecular weight is 715 g/mol. The van der Waals surface area contributed by atoms with Crippen LogP contribution in [-0.2, 0) is 38.4 Å². The summed E-state index contributed by atoms with van der Waals surface area (Å²) in [5.74, 6) is -10.4. The van der Waals surface area contributed by atoms with Gasteiger partial charge >= 0.3 is 5.97 Å². The van der Waals surface area contributed by atoms with Crippen molar-refractivity contribution in [2.24, 2.45) is 5.73 Å². The summed E-state index contributed by atoms with van der Waals surface area (Å²) >= 11 is 0. The largest absolute Gasteiger partial charge is 0.480 e. The normalized spacial score (nSPS) is 15.8. The fourth-order valence-corrected chi connectivity index (χ4v) is 3.35. The van der Waals surface area contributed by atoms with E-state index in [1.165, 1.54) is 0 Å². The SMILES string of the molecule is N[C@@H](CO)C(=O)N[C@@H](CO)C(=O)N[C@@H](CO)C(=O)N[C@@H](CO)C(=O)N[C@@H](CO)C(=O)N[C@@H](CO)C(=O)N[C@@H](CO)C(=O)N[C@@H](CO)C(=O)O. The second kappa shape index (κ2) is 22.9. The highest BCUT2D eigenvalue weighted by Crippen LogP contribution is 1.97. The van der Waals surface area contributed by atoms with Crippen molar-refractivity contribution in [1.29, 1.82) is 0 Å². The van der Waals surface area contributed by atoms with Gasteiger partial charge in [0.15, 0.2) is 0 Å². The van der Waals surface area contributed by atoms with Crippen LogP contribution in [0.25, 0.3) is 0 Å². The van der Waals surface area contributed by atoms with Gasteiger partial charge in [0.25, 0.3) is 0 Å². The molecule has 18 N–H and O–H groups in total. The van der Waals surface area contributed by atoms with Crippen LogP contribution in [0.15, 0.2) is 0 Å². The van der Waals surface area contributed by atoms with Gasteiger partial charge in [-0.15, -0.1) is 0 Å². The quantitative estimate of drug-likeness (QED) is 0.0467. The molecule has 0 rings (SSSR count). The third kappa shape index (κ3) is 14.6. The molecule has 0 aliphatic rings. The van der Waals surface area contributed by atoms with Gasteiger partial charge in [-0.25, -0.2) is 4.79 Å². The molecule has 0 aromatic carbocycles. The van der Waals surface area contributed by atoms with Crippen molar-refractivity contribution >= 4 is 47.3 Å². The standard InChI is InChI=1S/C24H42N8O17/c25-9(1-33)17(41)26-10(2-34)18(42)27-11(3-35)19(43)28-12(4-36)20(44)29-13(5-37)21(45)30-14(6-38)22(46)31-15(7-39)23(47)32-16(8-40)24(48)49/h9-16,33-40H,1-8,25H2,(H,26,41)(H,27,42)(H,28,43)(H,29,44)(H,30,45)(H,31,46)(H,32,47)(H,48,49)/t9-,10-,11-,12-,13-,14-,15-,16-/m0/s1. The lowest BCUT2D eigenvalue weighted by Gasteiger charge is -2.25. The summed E-state index contributed by atoms with van der Waals surface area (Å²) in [6.45, 7) is -8.49. The number of hydrogen-bond acceptors (Lipinski definition) is 17. The predicted octanol–water partition coefficient (Wildman–Crippen LogP) is -12.3. The van der Waals surface area contributed by atoms with Crippen LogP contribution in [-0.4, -0.2) is 194 Å². The Morgan fingerprint density at radius 3 is 0.694 bits per heavy atom. The van der Waals surface area contributed by atoms with Gasteiger partial charge in [-0.3, -0.25) is 33.6 Å². The molecule has 0 saturated heterocycles. The number of carbonyl (C=O) groups excluding carboxylic acids is 7. The maximum Gasteiger partial charge on any atom is 0.328 e. The number of nitrogens with two attached hydrogens (primary N) is 1. The molecule has 0 aliphatic carbocycles. The highest BCUT2D eigenvalue weighted by molar-refractivity contribution is 5.97. The van der Waals surface area contributed by atoms with E-state index in [0.717, 1.165) is 0 Å². The summed E-state index contributed by atoms with van der Waals surface area (Å²) in [5.41, 5.74) is 5.30.